The van der Waals surface area contributed by atoms with Gasteiger partial charge in [-0.05, 0) is 55.5 Å². The van der Waals surface area contributed by atoms with E-state index in [-0.39, 0.29) is 17.9 Å². The summed E-state index contributed by atoms with van der Waals surface area (Å²) in [6.07, 6.45) is 5.51. The number of hydrogen-bond donors (Lipinski definition) is 2. The quantitative estimate of drug-likeness (QED) is 0.707. The number of H-pyrrole nitrogens is 1. The van der Waals surface area contributed by atoms with Gasteiger partial charge in [0, 0.05) is 29.6 Å². The molecule has 1 aromatic heterocycles. The van der Waals surface area contributed by atoms with E-state index >= 15 is 0 Å². The lowest BCUT2D eigenvalue weighted by Gasteiger charge is -2.45. The average molecular weight is 347 g/mol. The number of imidazole rings is 1. The zero-order valence-corrected chi connectivity index (χ0v) is 14.5. The van der Waals surface area contributed by atoms with Crippen molar-refractivity contribution in [3.05, 3.63) is 59.4 Å². The fraction of sp³-hybridized carbons (Fsp3) is 0.333. The van der Waals surface area contributed by atoms with Crippen LogP contribution in [0.15, 0.2) is 42.7 Å². The summed E-state index contributed by atoms with van der Waals surface area (Å²) in [5.74, 6) is 0.689. The van der Waals surface area contributed by atoms with Gasteiger partial charge in [0.05, 0.1) is 17.4 Å². The molecule has 2 atom stereocenters. The molecule has 1 unspecified atom stereocenters. The minimum Gasteiger partial charge on any atom is -0.508 e. The second-order valence-electron chi connectivity index (χ2n) is 7.34. The Hall–Kier alpha value is -2.82. The van der Waals surface area contributed by atoms with Gasteiger partial charge in [-0.1, -0.05) is 12.1 Å². The maximum absolute atomic E-state index is 13.2. The number of piperidine rings is 1. The van der Waals surface area contributed by atoms with Crippen molar-refractivity contribution in [2.24, 2.45) is 0 Å². The van der Waals surface area contributed by atoms with Crippen LogP contribution in [0.1, 0.15) is 46.7 Å². The van der Waals surface area contributed by atoms with Crippen LogP contribution in [-0.2, 0) is 6.42 Å². The van der Waals surface area contributed by atoms with E-state index in [1.165, 1.54) is 5.56 Å². The Morgan fingerprint density at radius 1 is 1.23 bits per heavy atom. The Balaban J connectivity index is 1.50. The predicted octanol–water partition coefficient (Wildman–Crippen LogP) is 3.60. The van der Waals surface area contributed by atoms with E-state index in [0.29, 0.717) is 11.3 Å². The fourth-order valence-corrected chi connectivity index (χ4v) is 4.79. The zero-order valence-electron chi connectivity index (χ0n) is 14.5. The Labute approximate surface area is 151 Å². The molecule has 1 amide bonds. The highest BCUT2D eigenvalue weighted by Gasteiger charge is 2.39. The lowest BCUT2D eigenvalue weighted by molar-refractivity contribution is 0.0544. The van der Waals surface area contributed by atoms with Crippen LogP contribution in [0.3, 0.4) is 0 Å². The van der Waals surface area contributed by atoms with Gasteiger partial charge < -0.3 is 15.0 Å². The highest BCUT2D eigenvalue weighted by Crippen LogP contribution is 2.44. The summed E-state index contributed by atoms with van der Waals surface area (Å²) in [5.41, 5.74) is 4.75. The van der Waals surface area contributed by atoms with Gasteiger partial charge in [-0.15, -0.1) is 0 Å². The van der Waals surface area contributed by atoms with Gasteiger partial charge in [0.2, 0.25) is 0 Å². The second-order valence-corrected chi connectivity index (χ2v) is 7.34. The summed E-state index contributed by atoms with van der Waals surface area (Å²) in [5, 5.41) is 10.4. The summed E-state index contributed by atoms with van der Waals surface area (Å²) in [4.78, 5) is 22.6. The Bertz CT molecular complexity index is 994. The number of aromatic amines is 1. The number of phenolic OH excluding ortho intramolecular Hbond substituents is 1. The van der Waals surface area contributed by atoms with Gasteiger partial charge in [0.1, 0.15) is 5.75 Å². The van der Waals surface area contributed by atoms with E-state index in [1.54, 1.807) is 12.4 Å². The molecule has 1 aliphatic heterocycles. The van der Waals surface area contributed by atoms with E-state index in [9.17, 15) is 9.90 Å². The van der Waals surface area contributed by atoms with E-state index in [1.807, 2.05) is 29.2 Å². The zero-order chi connectivity index (χ0) is 17.7. The van der Waals surface area contributed by atoms with E-state index in [2.05, 4.69) is 16.0 Å². The molecule has 2 heterocycles. The molecule has 0 bridgehead atoms. The molecule has 3 aromatic rings. The number of aryl methyl sites for hydroxylation is 1. The summed E-state index contributed by atoms with van der Waals surface area (Å²) >= 11 is 0. The van der Waals surface area contributed by atoms with Crippen LogP contribution in [0, 0.1) is 0 Å². The minimum absolute atomic E-state index is 0.0788. The first-order chi connectivity index (χ1) is 12.7. The number of likely N-dealkylation sites (tertiary alicyclic amines) is 1. The molecule has 0 saturated carbocycles. The van der Waals surface area contributed by atoms with Crippen molar-refractivity contribution in [2.75, 3.05) is 6.54 Å². The van der Waals surface area contributed by atoms with Crippen LogP contribution < -0.4 is 0 Å². The van der Waals surface area contributed by atoms with E-state index in [4.69, 9.17) is 0 Å². The lowest BCUT2D eigenvalue weighted by Crippen LogP contribution is -2.49. The van der Waals surface area contributed by atoms with Crippen molar-refractivity contribution in [1.29, 1.82) is 0 Å². The molecule has 2 aliphatic rings. The summed E-state index contributed by atoms with van der Waals surface area (Å²) in [6.45, 7) is 0.782. The van der Waals surface area contributed by atoms with Gasteiger partial charge in [-0.2, -0.15) is 0 Å². The maximum atomic E-state index is 13.2. The first-order valence-electron chi connectivity index (χ1n) is 9.27. The number of carbonyl (C=O) groups is 1. The molecule has 5 heteroatoms. The minimum atomic E-state index is 0.0788. The highest BCUT2D eigenvalue weighted by atomic mass is 16.3. The monoisotopic (exact) mass is 347 g/mol. The molecular formula is C21H21N3O2. The largest absolute Gasteiger partial charge is 0.508 e. The Morgan fingerprint density at radius 2 is 2.15 bits per heavy atom. The number of nitrogens with zero attached hydrogens (tertiary/aromatic N) is 2. The highest BCUT2D eigenvalue weighted by molar-refractivity contribution is 5.97. The van der Waals surface area contributed by atoms with Crippen LogP contribution >= 0.6 is 0 Å². The number of benzene rings is 2. The molecule has 0 radical (unpaired) electrons. The number of nitrogens with one attached hydrogen (secondary N) is 1. The van der Waals surface area contributed by atoms with Crippen LogP contribution in [0.25, 0.3) is 11.0 Å². The SMILES string of the molecule is O=C(c1ccc2nc[nH]c2c1)N1CCC[C@@H]2c3c(O)cccc3CCC21. The van der Waals surface area contributed by atoms with Crippen LogP contribution in [0.4, 0.5) is 0 Å². The number of fused-ring (bicyclic) bond motifs is 4. The molecule has 5 nitrogen and oxygen atoms in total. The molecule has 2 aromatic carbocycles. The third-order valence-electron chi connectivity index (χ3n) is 5.96. The third-order valence-corrected chi connectivity index (χ3v) is 5.96. The Kier molecular flexibility index (Phi) is 3.48. The van der Waals surface area contributed by atoms with Crippen molar-refractivity contribution < 1.29 is 9.90 Å². The van der Waals surface area contributed by atoms with Gasteiger partial charge in [0.25, 0.3) is 5.91 Å². The van der Waals surface area contributed by atoms with Crippen LogP contribution in [0.5, 0.6) is 5.75 Å². The summed E-state index contributed by atoms with van der Waals surface area (Å²) in [7, 11) is 0. The van der Waals surface area contributed by atoms with Crippen LogP contribution in [0.2, 0.25) is 0 Å². The number of rotatable bonds is 1. The fourth-order valence-electron chi connectivity index (χ4n) is 4.79. The van der Waals surface area contributed by atoms with E-state index < -0.39 is 0 Å². The van der Waals surface area contributed by atoms with Crippen molar-refractivity contribution in [1.82, 2.24) is 14.9 Å². The number of phenols is 1. The van der Waals surface area contributed by atoms with Crippen molar-refractivity contribution in [3.63, 3.8) is 0 Å². The first-order valence-corrected chi connectivity index (χ1v) is 9.27. The molecule has 1 fully saturated rings. The van der Waals surface area contributed by atoms with Gasteiger partial charge in [-0.3, -0.25) is 4.79 Å². The molecule has 26 heavy (non-hydrogen) atoms. The van der Waals surface area contributed by atoms with Gasteiger partial charge in [-0.25, -0.2) is 4.98 Å². The third kappa shape index (κ3) is 2.30. The lowest BCUT2D eigenvalue weighted by atomic mass is 9.73. The number of carbonyl (C=O) groups excluding carboxylic acids is 1. The smallest absolute Gasteiger partial charge is 0.254 e. The summed E-state index contributed by atoms with van der Waals surface area (Å²) < 4.78 is 0. The number of hydrogen-bond acceptors (Lipinski definition) is 3. The number of amides is 1. The van der Waals surface area contributed by atoms with Gasteiger partial charge >= 0.3 is 0 Å². The molecule has 132 valence electrons. The maximum Gasteiger partial charge on any atom is 0.254 e. The van der Waals surface area contributed by atoms with Crippen molar-refractivity contribution in [3.8, 4) is 5.75 Å². The summed E-state index contributed by atoms with van der Waals surface area (Å²) in [6, 6.07) is 11.6. The van der Waals surface area contributed by atoms with Crippen molar-refractivity contribution >= 4 is 16.9 Å². The molecular weight excluding hydrogens is 326 g/mol. The molecule has 1 saturated heterocycles. The normalized spacial score (nSPS) is 22.1. The molecule has 5 rings (SSSR count). The second kappa shape index (κ2) is 5.87. The molecule has 0 spiro atoms. The molecule has 2 N–H and O–H groups in total. The average Bonchev–Trinajstić information content (AvgIpc) is 3.14. The standard InChI is InChI=1S/C21H21N3O2/c25-19-5-1-3-13-7-9-18-15(20(13)19)4-2-10-24(18)21(26)14-6-8-16-17(11-14)23-12-22-16/h1,3,5-6,8,11-12,15,18,25H,2,4,7,9-10H2,(H,22,23)/t15-,18?/m0/s1. The first kappa shape index (κ1) is 15.4. The molecule has 1 aliphatic carbocycles. The van der Waals surface area contributed by atoms with Gasteiger partial charge in [0.15, 0.2) is 0 Å². The topological polar surface area (TPSA) is 69.2 Å². The van der Waals surface area contributed by atoms with Crippen LogP contribution in [-0.4, -0.2) is 38.5 Å². The number of aromatic nitrogens is 2. The predicted molar refractivity (Wildman–Crippen MR) is 99.3 cm³/mol. The van der Waals surface area contributed by atoms with E-state index in [0.717, 1.165) is 48.8 Å². The Morgan fingerprint density at radius 3 is 3.08 bits per heavy atom. The number of aromatic hydroxyl groups is 1. The van der Waals surface area contributed by atoms with Crippen molar-refractivity contribution in [2.45, 2.75) is 37.6 Å².